The molecule has 0 aromatic heterocycles. The van der Waals surface area contributed by atoms with Crippen LogP contribution in [0.5, 0.6) is 5.75 Å². The Balaban J connectivity index is 3.05. The van der Waals surface area contributed by atoms with Crippen LogP contribution in [-0.2, 0) is 44.9 Å². The van der Waals surface area contributed by atoms with Crippen LogP contribution in [-0.4, -0.2) is 87.6 Å². The summed E-state index contributed by atoms with van der Waals surface area (Å²) in [7, 11) is -0.538. The van der Waals surface area contributed by atoms with Crippen LogP contribution in [0.25, 0.3) is 0 Å². The molecule has 292 valence electrons. The minimum absolute atomic E-state index is 0.0911. The molecule has 1 aromatic carbocycles. The number of ether oxygens (including phenoxy) is 4. The molecule has 0 aliphatic heterocycles. The van der Waals surface area contributed by atoms with Crippen LogP contribution in [0.15, 0.2) is 36.4 Å². The van der Waals surface area contributed by atoms with Crippen molar-refractivity contribution >= 4 is 27.7 Å². The number of allylic oxidation sites excluding steroid dienone is 1. The average molecular weight is 740 g/mol. The van der Waals surface area contributed by atoms with Gasteiger partial charge in [0.2, 0.25) is 11.5 Å². The lowest BCUT2D eigenvalue weighted by molar-refractivity contribution is -0.189. The van der Waals surface area contributed by atoms with Crippen molar-refractivity contribution in [1.29, 1.82) is 0 Å². The van der Waals surface area contributed by atoms with Gasteiger partial charge in [-0.2, -0.15) is 0 Å². The molecule has 2 N–H and O–H groups in total. The van der Waals surface area contributed by atoms with Gasteiger partial charge in [-0.3, -0.25) is 4.79 Å². The fraction of sp³-hybridized carbons (Fsp3) is 0.718. The van der Waals surface area contributed by atoms with Crippen LogP contribution < -0.4 is 10.1 Å². The lowest BCUT2D eigenvalue weighted by atomic mass is 9.85. The standard InChI is InChI=1S/C39H65NO10S/c1-8-10-12-16-19-27-51(45,46)28-20-17-14-13-15-18-21-33(39(44,30-47-6)37(43)50-38(3,4)5)35(41)40-34(36(42)48-7)29-31-22-24-32(25-23-31)49-26-11-9-2/h18,21-25,33-34,44H,8-17,19-20,26-30H2,1-7H3,(H,40,41)/b21-18+/t33-,34+,39+/m1/s1. The van der Waals surface area contributed by atoms with E-state index in [-0.39, 0.29) is 17.9 Å². The first kappa shape index (κ1) is 46.1. The van der Waals surface area contributed by atoms with E-state index in [0.717, 1.165) is 56.9 Å². The molecule has 0 radical (unpaired) electrons. The number of benzene rings is 1. The second-order valence-electron chi connectivity index (χ2n) is 14.2. The highest BCUT2D eigenvalue weighted by atomic mass is 32.2. The van der Waals surface area contributed by atoms with E-state index in [0.29, 0.717) is 38.0 Å². The van der Waals surface area contributed by atoms with Gasteiger partial charge in [-0.15, -0.1) is 0 Å². The zero-order chi connectivity index (χ0) is 38.3. The monoisotopic (exact) mass is 739 g/mol. The highest BCUT2D eigenvalue weighted by Crippen LogP contribution is 2.26. The Kier molecular flexibility index (Phi) is 22.0. The number of hydrogen-bond acceptors (Lipinski definition) is 10. The largest absolute Gasteiger partial charge is 0.494 e. The summed E-state index contributed by atoms with van der Waals surface area (Å²) in [5.41, 5.74) is -2.64. The van der Waals surface area contributed by atoms with Crippen LogP contribution in [0.4, 0.5) is 0 Å². The van der Waals surface area contributed by atoms with E-state index in [9.17, 15) is 27.9 Å². The first-order chi connectivity index (χ1) is 24.1. The zero-order valence-electron chi connectivity index (χ0n) is 32.2. The molecule has 0 heterocycles. The number of methoxy groups -OCH3 is 2. The maximum atomic E-state index is 13.9. The Morgan fingerprint density at radius 1 is 0.863 bits per heavy atom. The quantitative estimate of drug-likeness (QED) is 0.0598. The number of amides is 1. The van der Waals surface area contributed by atoms with Gasteiger partial charge < -0.3 is 29.4 Å². The van der Waals surface area contributed by atoms with Crippen LogP contribution in [0, 0.1) is 5.92 Å². The van der Waals surface area contributed by atoms with E-state index < -0.39 is 57.5 Å². The summed E-state index contributed by atoms with van der Waals surface area (Å²) in [6, 6.07) is 6.06. The Hall–Kier alpha value is -2.96. The van der Waals surface area contributed by atoms with Gasteiger partial charge in [-0.25, -0.2) is 18.0 Å². The van der Waals surface area contributed by atoms with E-state index in [1.807, 2.05) is 0 Å². The summed E-state index contributed by atoms with van der Waals surface area (Å²) in [5, 5.41) is 14.4. The number of unbranched alkanes of at least 4 members (excludes halogenated alkanes) is 9. The third-order valence-corrected chi connectivity index (χ3v) is 10.1. The lowest BCUT2D eigenvalue weighted by Crippen LogP contribution is -2.58. The van der Waals surface area contributed by atoms with Gasteiger partial charge in [-0.1, -0.05) is 83.1 Å². The Morgan fingerprint density at radius 2 is 1.45 bits per heavy atom. The number of sulfone groups is 1. The van der Waals surface area contributed by atoms with Gasteiger partial charge in [0.1, 0.15) is 27.2 Å². The van der Waals surface area contributed by atoms with Gasteiger partial charge in [-0.05, 0) is 70.6 Å². The molecule has 3 atom stereocenters. The molecular weight excluding hydrogens is 674 g/mol. The minimum atomic E-state index is -3.06. The maximum Gasteiger partial charge on any atom is 0.342 e. The molecule has 0 unspecified atom stereocenters. The highest BCUT2D eigenvalue weighted by Gasteiger charge is 2.50. The molecule has 11 nitrogen and oxygen atoms in total. The average Bonchev–Trinajstić information content (AvgIpc) is 3.06. The highest BCUT2D eigenvalue weighted by molar-refractivity contribution is 7.91. The Morgan fingerprint density at radius 3 is 2.00 bits per heavy atom. The summed E-state index contributed by atoms with van der Waals surface area (Å²) in [5.74, 6) is -2.89. The van der Waals surface area contributed by atoms with Crippen LogP contribution in [0.3, 0.4) is 0 Å². The molecule has 0 saturated heterocycles. The topological polar surface area (TPSA) is 155 Å². The number of rotatable bonds is 27. The fourth-order valence-corrected chi connectivity index (χ4v) is 6.90. The Labute approximate surface area is 307 Å². The second kappa shape index (κ2) is 24.3. The van der Waals surface area contributed by atoms with E-state index in [1.54, 1.807) is 51.1 Å². The first-order valence-electron chi connectivity index (χ1n) is 18.5. The maximum absolute atomic E-state index is 13.9. The summed E-state index contributed by atoms with van der Waals surface area (Å²) >= 11 is 0. The third kappa shape index (κ3) is 18.9. The van der Waals surface area contributed by atoms with Gasteiger partial charge in [0.25, 0.3) is 0 Å². The molecule has 1 rings (SSSR count). The summed E-state index contributed by atoms with van der Waals surface area (Å²) in [6.07, 6.45) is 13.5. The molecular formula is C39H65NO10S. The molecule has 0 saturated carbocycles. The van der Waals surface area contributed by atoms with E-state index in [2.05, 4.69) is 19.2 Å². The SMILES string of the molecule is CCCCCCCS(=O)(=O)CCCCCC/C=C/[C@H](C(=O)N[C@@H](Cc1ccc(OCCCC)cc1)C(=O)OC)[C@@](O)(COC)C(=O)OC(C)(C)C. The molecule has 0 aliphatic carbocycles. The Bertz CT molecular complexity index is 1290. The molecule has 0 aliphatic rings. The number of hydrogen-bond donors (Lipinski definition) is 2. The minimum Gasteiger partial charge on any atom is -0.494 e. The number of nitrogens with one attached hydrogen (secondary N) is 1. The molecule has 51 heavy (non-hydrogen) atoms. The van der Waals surface area contributed by atoms with Crippen LogP contribution >= 0.6 is 0 Å². The van der Waals surface area contributed by atoms with Gasteiger partial charge in [0.15, 0.2) is 0 Å². The van der Waals surface area contributed by atoms with Gasteiger partial charge in [0.05, 0.1) is 37.7 Å². The van der Waals surface area contributed by atoms with E-state index in [4.69, 9.17) is 18.9 Å². The molecule has 0 fully saturated rings. The van der Waals surface area contributed by atoms with Crippen LogP contribution in [0.1, 0.15) is 117 Å². The number of esters is 2. The normalized spacial score (nSPS) is 14.4. The van der Waals surface area contributed by atoms with Crippen LogP contribution in [0.2, 0.25) is 0 Å². The molecule has 1 aromatic rings. The van der Waals surface area contributed by atoms with Crippen molar-refractivity contribution in [3.05, 3.63) is 42.0 Å². The zero-order valence-corrected chi connectivity index (χ0v) is 33.0. The summed E-state index contributed by atoms with van der Waals surface area (Å²) in [6.45, 7) is 9.20. The van der Waals surface area contributed by atoms with Gasteiger partial charge >= 0.3 is 11.9 Å². The van der Waals surface area contributed by atoms with Crippen molar-refractivity contribution in [2.24, 2.45) is 5.92 Å². The lowest BCUT2D eigenvalue weighted by Gasteiger charge is -2.34. The summed E-state index contributed by atoms with van der Waals surface area (Å²) in [4.78, 5) is 40.2. The predicted octanol–water partition coefficient (Wildman–Crippen LogP) is 6.29. The predicted molar refractivity (Wildman–Crippen MR) is 200 cm³/mol. The molecule has 1 amide bonds. The molecule has 0 bridgehead atoms. The molecule has 12 heteroatoms. The van der Waals surface area contributed by atoms with E-state index in [1.165, 1.54) is 20.3 Å². The second-order valence-corrected chi connectivity index (χ2v) is 16.5. The van der Waals surface area contributed by atoms with Gasteiger partial charge in [0, 0.05) is 13.5 Å². The van der Waals surface area contributed by atoms with Crippen molar-refractivity contribution < 1.29 is 46.9 Å². The van der Waals surface area contributed by atoms with Crippen molar-refractivity contribution in [2.45, 2.75) is 135 Å². The van der Waals surface area contributed by atoms with Crippen molar-refractivity contribution in [1.82, 2.24) is 5.32 Å². The van der Waals surface area contributed by atoms with E-state index >= 15 is 0 Å². The first-order valence-corrected chi connectivity index (χ1v) is 20.4. The molecule has 0 spiro atoms. The van der Waals surface area contributed by atoms with Crippen molar-refractivity contribution in [2.75, 3.05) is 38.9 Å². The van der Waals surface area contributed by atoms with Crippen molar-refractivity contribution in [3.8, 4) is 5.75 Å². The summed E-state index contributed by atoms with van der Waals surface area (Å²) < 4.78 is 46.2. The fourth-order valence-electron chi connectivity index (χ4n) is 5.41. The van der Waals surface area contributed by atoms with Crippen molar-refractivity contribution in [3.63, 3.8) is 0 Å². The number of aliphatic hydroxyl groups is 1. The number of carbonyl (C=O) groups excluding carboxylic acids is 3. The smallest absolute Gasteiger partial charge is 0.342 e. The number of carbonyl (C=O) groups is 3. The third-order valence-electron chi connectivity index (χ3n) is 8.31.